The molecule has 10 heteroatoms. The number of furan rings is 1. The maximum atomic E-state index is 10.8. The molecule has 0 spiro atoms. The Bertz CT molecular complexity index is 868. The maximum Gasteiger partial charge on any atom is 0.270 e. The predicted molar refractivity (Wildman–Crippen MR) is 82.2 cm³/mol. The Morgan fingerprint density at radius 1 is 1.39 bits per heavy atom. The van der Waals surface area contributed by atoms with Crippen LogP contribution in [-0.4, -0.2) is 26.0 Å². The normalized spacial score (nSPS) is 11.0. The lowest BCUT2D eigenvalue weighted by Gasteiger charge is -1.97. The number of benzene rings is 1. The SMILES string of the molecule is Nn1cnnc1N/N=C\c1ccc(-c2cccc([N+](=O)[O-])c2)o1. The van der Waals surface area contributed by atoms with Crippen molar-refractivity contribution in [1.82, 2.24) is 14.9 Å². The van der Waals surface area contributed by atoms with Crippen LogP contribution in [-0.2, 0) is 0 Å². The van der Waals surface area contributed by atoms with Crippen molar-refractivity contribution in [2.75, 3.05) is 11.3 Å². The summed E-state index contributed by atoms with van der Waals surface area (Å²) in [5.74, 6) is 6.74. The van der Waals surface area contributed by atoms with Gasteiger partial charge in [-0.3, -0.25) is 10.1 Å². The lowest BCUT2D eigenvalue weighted by atomic mass is 10.1. The molecule has 1 aromatic carbocycles. The maximum absolute atomic E-state index is 10.8. The molecule has 23 heavy (non-hydrogen) atoms. The molecule has 0 saturated heterocycles. The lowest BCUT2D eigenvalue weighted by molar-refractivity contribution is -0.384. The van der Waals surface area contributed by atoms with Crippen LogP contribution in [0.4, 0.5) is 11.6 Å². The quantitative estimate of drug-likeness (QED) is 0.316. The van der Waals surface area contributed by atoms with Gasteiger partial charge in [0.15, 0.2) is 0 Å². The zero-order valence-electron chi connectivity index (χ0n) is 11.7. The summed E-state index contributed by atoms with van der Waals surface area (Å²) in [5.41, 5.74) is 3.20. The van der Waals surface area contributed by atoms with E-state index in [2.05, 4.69) is 20.7 Å². The van der Waals surface area contributed by atoms with Crippen LogP contribution in [0.15, 0.2) is 52.2 Å². The molecule has 2 heterocycles. The van der Waals surface area contributed by atoms with Crippen molar-refractivity contribution in [3.8, 4) is 11.3 Å². The summed E-state index contributed by atoms with van der Waals surface area (Å²) in [6.07, 6.45) is 2.75. The Morgan fingerprint density at radius 3 is 3.00 bits per heavy atom. The van der Waals surface area contributed by atoms with E-state index in [1.165, 1.54) is 29.4 Å². The number of nitrogens with zero attached hydrogens (tertiary/aromatic N) is 5. The van der Waals surface area contributed by atoms with E-state index in [0.29, 0.717) is 17.1 Å². The zero-order valence-corrected chi connectivity index (χ0v) is 11.7. The molecule has 0 aliphatic carbocycles. The Kier molecular flexibility index (Phi) is 3.70. The minimum atomic E-state index is -0.457. The van der Waals surface area contributed by atoms with Gasteiger partial charge in [-0.1, -0.05) is 12.1 Å². The second kappa shape index (κ2) is 5.97. The van der Waals surface area contributed by atoms with Crippen molar-refractivity contribution < 1.29 is 9.34 Å². The number of hydrazone groups is 1. The second-order valence-corrected chi connectivity index (χ2v) is 4.44. The molecule has 0 atom stereocenters. The monoisotopic (exact) mass is 313 g/mol. The van der Waals surface area contributed by atoms with E-state index in [0.717, 1.165) is 0 Å². The molecule has 0 bridgehead atoms. The first-order valence-electron chi connectivity index (χ1n) is 6.42. The summed E-state index contributed by atoms with van der Waals surface area (Å²) < 4.78 is 6.74. The van der Waals surface area contributed by atoms with Crippen LogP contribution in [0.5, 0.6) is 0 Å². The first kappa shape index (κ1) is 14.3. The lowest BCUT2D eigenvalue weighted by Crippen LogP contribution is -2.10. The molecule has 3 N–H and O–H groups in total. The van der Waals surface area contributed by atoms with E-state index in [1.807, 2.05) is 0 Å². The highest BCUT2D eigenvalue weighted by Crippen LogP contribution is 2.25. The number of nitrogen functional groups attached to an aromatic ring is 1. The second-order valence-electron chi connectivity index (χ2n) is 4.44. The van der Waals surface area contributed by atoms with Gasteiger partial charge in [0.1, 0.15) is 17.8 Å². The van der Waals surface area contributed by atoms with Crippen LogP contribution >= 0.6 is 0 Å². The molecule has 10 nitrogen and oxygen atoms in total. The third-order valence-corrected chi connectivity index (χ3v) is 2.90. The molecule has 116 valence electrons. The molecule has 0 aliphatic heterocycles. The number of nitro groups is 1. The standard InChI is InChI=1S/C13H11N7O3/c14-19-8-16-18-13(19)17-15-7-11-4-5-12(23-11)9-2-1-3-10(6-9)20(21)22/h1-8H,14H2,(H,17,18)/b15-7-. The van der Waals surface area contributed by atoms with Gasteiger partial charge in [-0.2, -0.15) is 5.10 Å². The van der Waals surface area contributed by atoms with E-state index in [4.69, 9.17) is 10.3 Å². The fourth-order valence-electron chi connectivity index (χ4n) is 1.83. The van der Waals surface area contributed by atoms with Crippen LogP contribution in [0.25, 0.3) is 11.3 Å². The molecule has 0 radical (unpaired) electrons. The van der Waals surface area contributed by atoms with E-state index in [1.54, 1.807) is 24.3 Å². The minimum Gasteiger partial charge on any atom is -0.455 e. The number of nitrogens with two attached hydrogens (primary N) is 1. The number of hydrogen-bond donors (Lipinski definition) is 2. The predicted octanol–water partition coefficient (Wildman–Crippen LogP) is 1.61. The molecule has 0 amide bonds. The van der Waals surface area contributed by atoms with Gasteiger partial charge in [-0.25, -0.2) is 10.1 Å². The van der Waals surface area contributed by atoms with E-state index in [9.17, 15) is 10.1 Å². The number of nitro benzene ring substituents is 1. The zero-order chi connectivity index (χ0) is 16.2. The van der Waals surface area contributed by atoms with Gasteiger partial charge < -0.3 is 10.3 Å². The molecule has 2 aromatic heterocycles. The first-order chi connectivity index (χ1) is 11.1. The van der Waals surface area contributed by atoms with Gasteiger partial charge >= 0.3 is 0 Å². The minimum absolute atomic E-state index is 0.00179. The number of non-ortho nitro benzene ring substituents is 1. The molecule has 3 aromatic rings. The van der Waals surface area contributed by atoms with Crippen molar-refractivity contribution in [1.29, 1.82) is 0 Å². The fraction of sp³-hybridized carbons (Fsp3) is 0. The van der Waals surface area contributed by atoms with E-state index < -0.39 is 4.92 Å². The molecular weight excluding hydrogens is 302 g/mol. The fourth-order valence-corrected chi connectivity index (χ4v) is 1.83. The third kappa shape index (κ3) is 3.15. The van der Waals surface area contributed by atoms with Crippen LogP contribution in [0.2, 0.25) is 0 Å². The molecular formula is C13H11N7O3. The molecule has 3 rings (SSSR count). The average molecular weight is 313 g/mol. The molecule has 0 fully saturated rings. The topological polar surface area (TPSA) is 137 Å². The molecule has 0 saturated carbocycles. The Labute approximate surface area is 129 Å². The van der Waals surface area contributed by atoms with Crippen molar-refractivity contribution in [3.05, 3.63) is 58.6 Å². The largest absolute Gasteiger partial charge is 0.455 e. The van der Waals surface area contributed by atoms with Crippen molar-refractivity contribution >= 4 is 17.9 Å². The highest BCUT2D eigenvalue weighted by Gasteiger charge is 2.09. The Morgan fingerprint density at radius 2 is 2.26 bits per heavy atom. The molecule has 0 aliphatic rings. The Balaban J connectivity index is 1.74. The van der Waals surface area contributed by atoms with Crippen molar-refractivity contribution in [2.45, 2.75) is 0 Å². The average Bonchev–Trinajstić information content (AvgIpc) is 3.17. The summed E-state index contributed by atoms with van der Waals surface area (Å²) >= 11 is 0. The number of anilines is 1. The van der Waals surface area contributed by atoms with E-state index >= 15 is 0 Å². The molecule has 0 unspecified atom stereocenters. The highest BCUT2D eigenvalue weighted by molar-refractivity contribution is 5.78. The number of hydrogen-bond acceptors (Lipinski definition) is 8. The summed E-state index contributed by atoms with van der Waals surface area (Å²) in [6.45, 7) is 0. The smallest absolute Gasteiger partial charge is 0.270 e. The van der Waals surface area contributed by atoms with Crippen molar-refractivity contribution in [3.63, 3.8) is 0 Å². The summed E-state index contributed by atoms with van der Waals surface area (Å²) in [4.78, 5) is 10.3. The van der Waals surface area contributed by atoms with Crippen LogP contribution < -0.4 is 11.3 Å². The first-order valence-corrected chi connectivity index (χ1v) is 6.42. The van der Waals surface area contributed by atoms with Crippen LogP contribution in [0, 0.1) is 10.1 Å². The van der Waals surface area contributed by atoms with E-state index in [-0.39, 0.29) is 11.6 Å². The van der Waals surface area contributed by atoms with Gasteiger partial charge in [-0.15, -0.1) is 10.2 Å². The van der Waals surface area contributed by atoms with Crippen LogP contribution in [0.3, 0.4) is 0 Å². The van der Waals surface area contributed by atoms with Gasteiger partial charge in [0.2, 0.25) is 0 Å². The number of aromatic nitrogens is 3. The van der Waals surface area contributed by atoms with Gasteiger partial charge in [0.25, 0.3) is 11.6 Å². The number of nitrogens with one attached hydrogen (secondary N) is 1. The Hall–Kier alpha value is -3.69. The van der Waals surface area contributed by atoms with Gasteiger partial charge in [0, 0.05) is 17.7 Å². The summed E-state index contributed by atoms with van der Waals surface area (Å²) in [5, 5.41) is 22.0. The summed E-state index contributed by atoms with van der Waals surface area (Å²) in [6, 6.07) is 9.57. The third-order valence-electron chi connectivity index (χ3n) is 2.90. The van der Waals surface area contributed by atoms with Crippen molar-refractivity contribution in [2.24, 2.45) is 5.10 Å². The van der Waals surface area contributed by atoms with Gasteiger partial charge in [-0.05, 0) is 12.1 Å². The van der Waals surface area contributed by atoms with Gasteiger partial charge in [0.05, 0.1) is 11.1 Å². The highest BCUT2D eigenvalue weighted by atomic mass is 16.6. The summed E-state index contributed by atoms with van der Waals surface area (Å²) in [7, 11) is 0. The van der Waals surface area contributed by atoms with Crippen LogP contribution in [0.1, 0.15) is 5.76 Å². The number of rotatable bonds is 5.